The number of carbonyl (C=O) groups excluding carboxylic acids is 4. The first-order valence-electron chi connectivity index (χ1n) is 35.3. The van der Waals surface area contributed by atoms with Crippen LogP contribution in [0.5, 0.6) is 0 Å². The maximum atomic E-state index is 13.9. The zero-order chi connectivity index (χ0) is 78.0. The van der Waals surface area contributed by atoms with Crippen LogP contribution in [0.15, 0.2) is 183 Å². The van der Waals surface area contributed by atoms with Gasteiger partial charge in [-0.15, -0.1) is 0 Å². The van der Waals surface area contributed by atoms with Crippen molar-refractivity contribution in [3.8, 4) is 33.4 Å². The third-order valence-electron chi connectivity index (χ3n) is 18.9. The number of hydrogen-bond acceptors (Lipinski definition) is 15. The van der Waals surface area contributed by atoms with Gasteiger partial charge in [0.2, 0.25) is 0 Å². The van der Waals surface area contributed by atoms with Crippen molar-refractivity contribution >= 4 is 91.2 Å². The van der Waals surface area contributed by atoms with Gasteiger partial charge in [0.15, 0.2) is 16.9 Å². The van der Waals surface area contributed by atoms with E-state index in [0.717, 1.165) is 131 Å². The van der Waals surface area contributed by atoms with E-state index in [1.165, 1.54) is 40.3 Å². The molecule has 570 valence electrons. The molecule has 2 saturated heterocycles. The van der Waals surface area contributed by atoms with Gasteiger partial charge in [-0.05, 0) is 168 Å². The number of likely N-dealkylation sites (N-methyl/N-ethyl adjacent to an activating group) is 2. The number of benzene rings is 6. The Bertz CT molecular complexity index is 5260. The lowest BCUT2D eigenvalue weighted by Gasteiger charge is -2.33. The second-order valence-electron chi connectivity index (χ2n) is 27.0. The zero-order valence-electron chi connectivity index (χ0n) is 61.4. The molecule has 0 unspecified atom stereocenters. The molecule has 2 fully saturated rings. The van der Waals surface area contributed by atoms with Crippen molar-refractivity contribution in [1.29, 1.82) is 0 Å². The first-order chi connectivity index (χ1) is 52.7. The average molecular weight is 1510 g/mol. The lowest BCUT2D eigenvalue weighted by atomic mass is 10.0. The third kappa shape index (κ3) is 19.2. The highest BCUT2D eigenvalue weighted by molar-refractivity contribution is 6.04. The summed E-state index contributed by atoms with van der Waals surface area (Å²) in [6.45, 7) is 11.0. The molecule has 6 aromatic heterocycles. The van der Waals surface area contributed by atoms with Crippen molar-refractivity contribution in [3.05, 3.63) is 216 Å². The number of anilines is 6. The topological polar surface area (TPSA) is 269 Å². The molecular weight excluding hydrogens is 1420 g/mol. The van der Waals surface area contributed by atoms with Gasteiger partial charge in [-0.2, -0.15) is 41.6 Å². The predicted octanol–water partition coefficient (Wildman–Crippen LogP) is 13.8. The summed E-state index contributed by atoms with van der Waals surface area (Å²) in [6.07, 6.45) is -0.410. The second kappa shape index (κ2) is 34.0. The highest BCUT2D eigenvalue weighted by Gasteiger charge is 2.35. The van der Waals surface area contributed by atoms with E-state index >= 15 is 0 Å². The van der Waals surface area contributed by atoms with E-state index in [0.29, 0.717) is 42.3 Å². The monoisotopic (exact) mass is 1500 g/mol. The fourth-order valence-corrected chi connectivity index (χ4v) is 12.8. The van der Waals surface area contributed by atoms with Crippen LogP contribution < -0.4 is 31.9 Å². The summed E-state index contributed by atoms with van der Waals surface area (Å²) in [4.78, 5) is 73.6. The zero-order valence-corrected chi connectivity index (χ0v) is 61.4. The van der Waals surface area contributed by atoms with Gasteiger partial charge in [-0.25, -0.2) is 34.0 Å². The summed E-state index contributed by atoms with van der Waals surface area (Å²) < 4.78 is 85.2. The van der Waals surface area contributed by atoms with Crippen LogP contribution in [-0.2, 0) is 46.1 Å². The number of nitrogens with one attached hydrogen (secondary N) is 6. The highest BCUT2D eigenvalue weighted by Crippen LogP contribution is 2.37. The smallest absolute Gasteiger partial charge is 0.394 e. The summed E-state index contributed by atoms with van der Waals surface area (Å²) >= 11 is 0. The van der Waals surface area contributed by atoms with Crippen molar-refractivity contribution in [1.82, 2.24) is 68.8 Å². The number of nitrogens with zero attached hydrogens (tertiary/aromatic N) is 14. The largest absolute Gasteiger partial charge is 0.416 e. The maximum Gasteiger partial charge on any atom is 0.416 e. The number of halogens is 6. The Morgan fingerprint density at radius 2 is 0.891 bits per heavy atom. The molecule has 0 radical (unpaired) electrons. The van der Waals surface area contributed by atoms with E-state index in [4.69, 9.17) is 0 Å². The quantitative estimate of drug-likeness (QED) is 0.0443. The van der Waals surface area contributed by atoms with E-state index in [1.54, 1.807) is 102 Å². The van der Waals surface area contributed by atoms with E-state index in [9.17, 15) is 50.6 Å². The number of hydrogen-bond donors (Lipinski definition) is 7. The van der Waals surface area contributed by atoms with Gasteiger partial charge in [0.1, 0.15) is 5.69 Å². The van der Waals surface area contributed by atoms with E-state index in [-0.39, 0.29) is 47.7 Å². The molecule has 8 heterocycles. The molecule has 7 N–H and O–H groups in total. The van der Waals surface area contributed by atoms with E-state index in [2.05, 4.69) is 96.9 Å². The van der Waals surface area contributed by atoms with Crippen molar-refractivity contribution in [2.24, 2.45) is 14.1 Å². The van der Waals surface area contributed by atoms with Crippen LogP contribution >= 0.6 is 0 Å². The molecule has 0 atom stereocenters. The summed E-state index contributed by atoms with van der Waals surface area (Å²) in [5.41, 5.74) is 11.2. The summed E-state index contributed by atoms with van der Waals surface area (Å²) in [5, 5.41) is 40.7. The standard InChI is InChI=1S/C28H30F3N7O2.C27H31N7O.C24H21F3N6O2/c1-36-10-12-37(13-11-36)18-20-4-7-22(16-25(20)28(29,30)31)35-27(40)34-21-5-2-19(3-6-21)23-8-9-32-26-24(23)17-33-38(26)14-15-39;1-19-16-23(9-6-21(19)18-34-14-12-32(2)13-15-34)31-27(35)30-22-7-4-20(5-8-22)24-10-11-28-26-25(24)17-29-33(26)3;1-32(2)22(34)20-12-18(19-13-28-33(3)21(19)31-20)14-7-9-16(10-8-14)29-23(35)30-17-6-4-5-15(11-17)24(25,26)27/h2-9,16-17,39H,10-15,18H2,1H3,(H2,34,35,40);4-11,16-17H,12-15,18H2,1-3H3,(H2,30,31,35);4-13H,1-3H3,(H2,29,30,35). The number of alkyl halides is 6. The van der Waals surface area contributed by atoms with Crippen LogP contribution in [0, 0.1) is 6.92 Å². The van der Waals surface area contributed by atoms with Crippen LogP contribution in [0.1, 0.15) is 38.3 Å². The molecule has 110 heavy (non-hydrogen) atoms. The first-order valence-corrected chi connectivity index (χ1v) is 35.3. The Labute approximate surface area is 629 Å². The molecule has 2 aliphatic heterocycles. The molecule has 25 nitrogen and oxygen atoms in total. The van der Waals surface area contributed by atoms with Gasteiger partial charge in [0.25, 0.3) is 5.91 Å². The molecule has 6 aromatic carbocycles. The maximum absolute atomic E-state index is 13.9. The second-order valence-corrected chi connectivity index (χ2v) is 27.0. The van der Waals surface area contributed by atoms with Crippen LogP contribution in [0.25, 0.3) is 66.5 Å². The van der Waals surface area contributed by atoms with Crippen LogP contribution in [0.2, 0.25) is 0 Å². The van der Waals surface area contributed by atoms with Crippen LogP contribution in [-0.4, -0.2) is 185 Å². The molecule has 0 aliphatic carbocycles. The minimum absolute atomic E-state index is 0.0165. The van der Waals surface area contributed by atoms with Gasteiger partial charge in [-0.3, -0.25) is 24.0 Å². The number of piperazine rings is 2. The minimum atomic E-state index is -4.54. The number of aliphatic hydroxyl groups is 1. The van der Waals surface area contributed by atoms with Gasteiger partial charge in [-0.1, -0.05) is 54.6 Å². The highest BCUT2D eigenvalue weighted by atomic mass is 19.4. The number of aryl methyl sites for hydroxylation is 3. The Morgan fingerprint density at radius 1 is 0.464 bits per heavy atom. The molecule has 31 heteroatoms. The Hall–Kier alpha value is -12.2. The number of aromatic nitrogens is 9. The van der Waals surface area contributed by atoms with Gasteiger partial charge in [0.05, 0.1) is 42.9 Å². The number of pyridine rings is 3. The first kappa shape index (κ1) is 77.5. The van der Waals surface area contributed by atoms with Gasteiger partial charge >= 0.3 is 30.4 Å². The van der Waals surface area contributed by atoms with E-state index in [1.807, 2.05) is 85.9 Å². The number of aliphatic hydroxyl groups excluding tert-OH is 1. The molecule has 0 spiro atoms. The molecule has 0 bridgehead atoms. The molecule has 0 saturated carbocycles. The molecule has 14 rings (SSSR count). The summed E-state index contributed by atoms with van der Waals surface area (Å²) in [5.74, 6) is -0.251. The van der Waals surface area contributed by atoms with Gasteiger partial charge in [0, 0.05) is 156 Å². The van der Waals surface area contributed by atoms with Crippen molar-refractivity contribution in [2.75, 3.05) is 119 Å². The molecule has 2 aliphatic rings. The molecule has 12 aromatic rings. The van der Waals surface area contributed by atoms with Crippen molar-refractivity contribution in [3.63, 3.8) is 0 Å². The van der Waals surface area contributed by atoms with Crippen molar-refractivity contribution in [2.45, 2.75) is 38.9 Å². The molecular formula is C79H82F6N20O5. The van der Waals surface area contributed by atoms with Crippen LogP contribution in [0.4, 0.5) is 74.9 Å². The Kier molecular flexibility index (Phi) is 23.9. The fraction of sp³-hybridized carbons (Fsp3) is 0.266. The number of urea groups is 3. The van der Waals surface area contributed by atoms with Gasteiger partial charge < -0.3 is 51.7 Å². The van der Waals surface area contributed by atoms with Crippen LogP contribution in [0.3, 0.4) is 0 Å². The Balaban J connectivity index is 0.000000154. The number of amides is 7. The SMILES string of the molecule is CN(C)C(=O)c1cc(-c2ccc(NC(=O)Nc3cccc(C(F)(F)F)c3)cc2)c2cnn(C)c2n1.CN1CCN(Cc2ccc(NC(=O)Nc3ccc(-c4ccnc5c4cnn5CCO)cc3)cc2C(F)(F)F)CC1.Cc1cc(NC(=O)Nc2ccc(-c3ccnc4c3cnn4C)cc2)ccc1CN1CCN(C)CC1. The van der Waals surface area contributed by atoms with Crippen molar-refractivity contribution < 1.29 is 50.6 Å². The third-order valence-corrected chi connectivity index (χ3v) is 18.9. The van der Waals surface area contributed by atoms with E-state index < -0.39 is 35.5 Å². The fourth-order valence-electron chi connectivity index (χ4n) is 12.8. The lowest BCUT2D eigenvalue weighted by molar-refractivity contribution is -0.139. The summed E-state index contributed by atoms with van der Waals surface area (Å²) in [6, 6.07) is 40.0. The number of carbonyl (C=O) groups is 4. The summed E-state index contributed by atoms with van der Waals surface area (Å²) in [7, 11) is 11.1. The number of rotatable bonds is 16. The lowest BCUT2D eigenvalue weighted by Crippen LogP contribution is -2.44. The molecule has 7 amide bonds. The normalized spacial score (nSPS) is 13.8. The number of fused-ring (bicyclic) bond motifs is 3. The predicted molar refractivity (Wildman–Crippen MR) is 413 cm³/mol. The Morgan fingerprint density at radius 3 is 1.38 bits per heavy atom. The average Bonchev–Trinajstić information content (AvgIpc) is 1.58. The minimum Gasteiger partial charge on any atom is -0.394 e.